The molecule has 1 unspecified atom stereocenters. The first-order valence-electron chi connectivity index (χ1n) is 12.2. The maximum absolute atomic E-state index is 12.7. The Kier molecular flexibility index (Phi) is 9.79. The van der Waals surface area contributed by atoms with Crippen molar-refractivity contribution in [3.05, 3.63) is 57.5 Å². The third kappa shape index (κ3) is 7.91. The standard InChI is InChI=1S/C26H30BrClN4O5/c27-20-3-1-2-4-23(20)36-15-19(33)14-29-18-9-11-32(12-10-18)26(35)16-37-24-7-5-17(13-21(24)28)22-6-8-25(34)31-30-22/h1-5,7,13,18-19,29,33H,6,8-12,14-16H2,(H,31,34). The molecule has 1 saturated heterocycles. The number of piperidine rings is 1. The average molecular weight is 594 g/mol. The molecule has 11 heteroatoms. The van der Waals surface area contributed by atoms with Crippen molar-refractivity contribution in [2.24, 2.45) is 5.10 Å². The van der Waals surface area contributed by atoms with Crippen molar-refractivity contribution >= 4 is 45.1 Å². The lowest BCUT2D eigenvalue weighted by Crippen LogP contribution is -2.48. The van der Waals surface area contributed by atoms with Crippen molar-refractivity contribution in [3.8, 4) is 11.5 Å². The number of aliphatic hydroxyl groups is 1. The molecular formula is C26H30BrClN4O5. The Balaban J connectivity index is 1.15. The summed E-state index contributed by atoms with van der Waals surface area (Å²) in [5, 5.41) is 18.1. The fourth-order valence-corrected chi connectivity index (χ4v) is 4.79. The molecule has 0 saturated carbocycles. The SMILES string of the molecule is O=C1CCC(c2ccc(OCC(=O)N3CCC(NCC(O)COc4ccccc4Br)CC3)c(Cl)c2)=NN1. The number of hydrogen-bond donors (Lipinski definition) is 3. The second kappa shape index (κ2) is 13.2. The molecule has 2 aromatic rings. The summed E-state index contributed by atoms with van der Waals surface area (Å²) in [5.41, 5.74) is 4.03. The molecule has 4 rings (SSSR count). The van der Waals surface area contributed by atoms with E-state index in [1.165, 1.54) is 0 Å². The van der Waals surface area contributed by atoms with Crippen molar-refractivity contribution in [2.75, 3.05) is 32.8 Å². The van der Waals surface area contributed by atoms with Crippen LogP contribution in [0.3, 0.4) is 0 Å². The number of carbonyl (C=O) groups excluding carboxylic acids is 2. The Morgan fingerprint density at radius 2 is 1.97 bits per heavy atom. The van der Waals surface area contributed by atoms with Crippen LogP contribution in [0.5, 0.6) is 11.5 Å². The van der Waals surface area contributed by atoms with Crippen LogP contribution in [-0.4, -0.2) is 72.5 Å². The van der Waals surface area contributed by atoms with Gasteiger partial charge in [-0.2, -0.15) is 5.10 Å². The zero-order valence-corrected chi connectivity index (χ0v) is 22.6. The van der Waals surface area contributed by atoms with E-state index in [2.05, 4.69) is 31.8 Å². The fraction of sp³-hybridized carbons (Fsp3) is 0.423. The van der Waals surface area contributed by atoms with E-state index in [9.17, 15) is 14.7 Å². The second-order valence-corrected chi connectivity index (χ2v) is 10.2. The van der Waals surface area contributed by atoms with Crippen LogP contribution in [-0.2, 0) is 9.59 Å². The summed E-state index contributed by atoms with van der Waals surface area (Å²) < 4.78 is 12.2. The van der Waals surface area contributed by atoms with Crippen molar-refractivity contribution in [2.45, 2.75) is 37.8 Å². The molecule has 2 amide bonds. The number of para-hydroxylation sites is 1. The number of halogens is 2. The van der Waals surface area contributed by atoms with Crippen LogP contribution in [0.4, 0.5) is 0 Å². The Hall–Kier alpha value is -2.66. The van der Waals surface area contributed by atoms with Gasteiger partial charge >= 0.3 is 0 Å². The van der Waals surface area contributed by atoms with Gasteiger partial charge in [-0.3, -0.25) is 9.59 Å². The number of benzene rings is 2. The van der Waals surface area contributed by atoms with Gasteiger partial charge in [-0.25, -0.2) is 5.43 Å². The number of likely N-dealkylation sites (tertiary alicyclic amines) is 1. The highest BCUT2D eigenvalue weighted by molar-refractivity contribution is 9.10. The van der Waals surface area contributed by atoms with Crippen molar-refractivity contribution in [1.29, 1.82) is 0 Å². The summed E-state index contributed by atoms with van der Waals surface area (Å²) in [6, 6.07) is 13.0. The molecule has 1 atom stereocenters. The number of nitrogens with zero attached hydrogens (tertiary/aromatic N) is 2. The molecule has 198 valence electrons. The molecule has 0 radical (unpaired) electrons. The highest BCUT2D eigenvalue weighted by Crippen LogP contribution is 2.27. The van der Waals surface area contributed by atoms with Crippen molar-refractivity contribution < 1.29 is 24.2 Å². The van der Waals surface area contributed by atoms with Crippen LogP contribution in [0.1, 0.15) is 31.2 Å². The first-order valence-corrected chi connectivity index (χ1v) is 13.4. The van der Waals surface area contributed by atoms with E-state index in [4.69, 9.17) is 21.1 Å². The minimum absolute atomic E-state index is 0.0974. The van der Waals surface area contributed by atoms with Gasteiger partial charge in [-0.05, 0) is 64.7 Å². The first kappa shape index (κ1) is 27.4. The van der Waals surface area contributed by atoms with Gasteiger partial charge in [-0.15, -0.1) is 0 Å². The molecule has 3 N–H and O–H groups in total. The highest BCUT2D eigenvalue weighted by atomic mass is 79.9. The first-order chi connectivity index (χ1) is 17.9. The minimum atomic E-state index is -0.639. The molecule has 0 bridgehead atoms. The maximum Gasteiger partial charge on any atom is 0.260 e. The minimum Gasteiger partial charge on any atom is -0.490 e. The number of rotatable bonds is 10. The van der Waals surface area contributed by atoms with Gasteiger partial charge in [0.2, 0.25) is 5.91 Å². The molecule has 0 aliphatic carbocycles. The maximum atomic E-state index is 12.7. The van der Waals surface area contributed by atoms with Gasteiger partial charge in [0, 0.05) is 38.5 Å². The molecule has 2 aliphatic heterocycles. The number of ether oxygens (including phenoxy) is 2. The Morgan fingerprint density at radius 1 is 1.19 bits per heavy atom. The van der Waals surface area contributed by atoms with E-state index in [0.29, 0.717) is 49.0 Å². The van der Waals surface area contributed by atoms with Crippen LogP contribution >= 0.6 is 27.5 Å². The molecule has 2 heterocycles. The van der Waals surface area contributed by atoms with E-state index < -0.39 is 6.10 Å². The predicted molar refractivity (Wildman–Crippen MR) is 144 cm³/mol. The van der Waals surface area contributed by atoms with Crippen LogP contribution in [0.25, 0.3) is 0 Å². The largest absolute Gasteiger partial charge is 0.490 e. The summed E-state index contributed by atoms with van der Waals surface area (Å²) >= 11 is 9.79. The lowest BCUT2D eigenvalue weighted by Gasteiger charge is -2.33. The summed E-state index contributed by atoms with van der Waals surface area (Å²) in [5.74, 6) is 0.920. The van der Waals surface area contributed by atoms with Crippen molar-refractivity contribution in [3.63, 3.8) is 0 Å². The zero-order chi connectivity index (χ0) is 26.2. The third-order valence-electron chi connectivity index (χ3n) is 6.28. The number of hydrogen-bond acceptors (Lipinski definition) is 7. The average Bonchev–Trinajstić information content (AvgIpc) is 2.91. The lowest BCUT2D eigenvalue weighted by molar-refractivity contribution is -0.134. The number of nitrogens with one attached hydrogen (secondary N) is 2. The molecule has 0 aromatic heterocycles. The smallest absolute Gasteiger partial charge is 0.260 e. The lowest BCUT2D eigenvalue weighted by atomic mass is 10.0. The summed E-state index contributed by atoms with van der Waals surface area (Å²) in [7, 11) is 0. The molecule has 0 spiro atoms. The van der Waals surface area contributed by atoms with Crippen molar-refractivity contribution in [1.82, 2.24) is 15.6 Å². The Bertz CT molecular complexity index is 1140. The monoisotopic (exact) mass is 592 g/mol. The molecule has 37 heavy (non-hydrogen) atoms. The number of aliphatic hydroxyl groups excluding tert-OH is 1. The second-order valence-electron chi connectivity index (χ2n) is 8.99. The van der Waals surface area contributed by atoms with Crippen LogP contribution in [0, 0.1) is 0 Å². The molecule has 1 fully saturated rings. The fourth-order valence-electron chi connectivity index (χ4n) is 4.15. The molecule has 2 aromatic carbocycles. The van der Waals surface area contributed by atoms with E-state index in [0.717, 1.165) is 28.6 Å². The predicted octanol–water partition coefficient (Wildman–Crippen LogP) is 3.12. The van der Waals surface area contributed by atoms with Gasteiger partial charge in [0.25, 0.3) is 5.91 Å². The Morgan fingerprint density at radius 3 is 2.68 bits per heavy atom. The van der Waals surface area contributed by atoms with E-state index in [-0.39, 0.29) is 31.1 Å². The van der Waals surface area contributed by atoms with Gasteiger partial charge in [-0.1, -0.05) is 23.7 Å². The third-order valence-corrected chi connectivity index (χ3v) is 7.23. The summed E-state index contributed by atoms with van der Waals surface area (Å²) in [6.45, 7) is 1.74. The van der Waals surface area contributed by atoms with E-state index in [1.807, 2.05) is 30.3 Å². The molecule has 2 aliphatic rings. The van der Waals surface area contributed by atoms with Gasteiger partial charge in [0.05, 0.1) is 15.2 Å². The normalized spacial score (nSPS) is 17.1. The Labute approximate surface area is 229 Å². The van der Waals surface area contributed by atoms with Gasteiger partial charge in [0.15, 0.2) is 6.61 Å². The topological polar surface area (TPSA) is 112 Å². The quantitative estimate of drug-likeness (QED) is 0.390. The molecular weight excluding hydrogens is 564 g/mol. The van der Waals surface area contributed by atoms with Gasteiger partial charge in [0.1, 0.15) is 24.2 Å². The van der Waals surface area contributed by atoms with E-state index >= 15 is 0 Å². The summed E-state index contributed by atoms with van der Waals surface area (Å²) in [6.07, 6.45) is 1.87. The van der Waals surface area contributed by atoms with Gasteiger partial charge < -0.3 is 24.8 Å². The van der Waals surface area contributed by atoms with Crippen LogP contribution < -0.4 is 20.2 Å². The number of carbonyl (C=O) groups is 2. The van der Waals surface area contributed by atoms with E-state index in [1.54, 1.807) is 17.0 Å². The summed E-state index contributed by atoms with van der Waals surface area (Å²) in [4.78, 5) is 25.7. The molecule has 9 nitrogen and oxygen atoms in total. The number of amides is 2. The van der Waals surface area contributed by atoms with Crippen LogP contribution in [0.15, 0.2) is 52.0 Å². The number of hydrazone groups is 1. The zero-order valence-electron chi connectivity index (χ0n) is 20.3. The van der Waals surface area contributed by atoms with Crippen LogP contribution in [0.2, 0.25) is 5.02 Å². The highest BCUT2D eigenvalue weighted by Gasteiger charge is 2.24.